The number of hydrogen-bond donors (Lipinski definition) is 7. The Morgan fingerprint density at radius 2 is 1.42 bits per heavy atom. The average Bonchev–Trinajstić information content (AvgIpc) is 2.67. The quantitative estimate of drug-likeness (QED) is 0.155. The van der Waals surface area contributed by atoms with Gasteiger partial charge in [0.25, 0.3) is 0 Å². The number of rotatable bonds is 14. The smallest absolute Gasteiger partial charge is 0.326 e. The van der Waals surface area contributed by atoms with Gasteiger partial charge in [-0.25, -0.2) is 4.79 Å². The van der Waals surface area contributed by atoms with Crippen molar-refractivity contribution < 1.29 is 34.2 Å². The van der Waals surface area contributed by atoms with Crippen LogP contribution in [0.2, 0.25) is 0 Å². The van der Waals surface area contributed by atoms with Gasteiger partial charge >= 0.3 is 5.97 Å². The molecule has 0 aromatic rings. The Labute approximate surface area is 181 Å². The van der Waals surface area contributed by atoms with E-state index >= 15 is 0 Å². The zero-order chi connectivity index (χ0) is 24.3. The Balaban J connectivity index is 5.30. The number of aliphatic hydroxyl groups excluding tert-OH is 1. The molecule has 0 heterocycles. The number of carbonyl (C=O) groups excluding carboxylic acids is 4. The van der Waals surface area contributed by atoms with Crippen LogP contribution >= 0.6 is 0 Å². The molecule has 0 aliphatic carbocycles. The lowest BCUT2D eigenvalue weighted by atomic mass is 9.99. The summed E-state index contributed by atoms with van der Waals surface area (Å²) in [7, 11) is 0. The van der Waals surface area contributed by atoms with Gasteiger partial charge in [0.1, 0.15) is 18.1 Å². The monoisotopic (exact) mass is 445 g/mol. The lowest BCUT2D eigenvalue weighted by molar-refractivity contribution is -0.144. The molecule has 0 aromatic carbocycles. The minimum atomic E-state index is -1.50. The summed E-state index contributed by atoms with van der Waals surface area (Å²) in [6.45, 7) is 6.25. The summed E-state index contributed by atoms with van der Waals surface area (Å²) in [4.78, 5) is 59.9. The molecule has 0 aliphatic heterocycles. The molecule has 4 amide bonds. The van der Waals surface area contributed by atoms with Crippen LogP contribution in [0, 0.1) is 11.8 Å². The molecule has 12 nitrogen and oxygen atoms in total. The predicted octanol–water partition coefficient (Wildman–Crippen LogP) is -2.19. The Morgan fingerprint density at radius 3 is 1.84 bits per heavy atom. The van der Waals surface area contributed by atoms with Crippen molar-refractivity contribution in [1.29, 1.82) is 0 Å². The summed E-state index contributed by atoms with van der Waals surface area (Å²) >= 11 is 0. The molecule has 0 aliphatic rings. The van der Waals surface area contributed by atoms with Crippen molar-refractivity contribution >= 4 is 29.6 Å². The number of nitrogens with one attached hydrogen (secondary N) is 3. The number of carboxylic acids is 1. The Hall–Kier alpha value is -2.73. The van der Waals surface area contributed by atoms with Gasteiger partial charge in [0.15, 0.2) is 0 Å². The van der Waals surface area contributed by atoms with E-state index in [1.165, 1.54) is 0 Å². The molecule has 0 bridgehead atoms. The highest BCUT2D eigenvalue weighted by Gasteiger charge is 2.32. The Morgan fingerprint density at radius 1 is 0.903 bits per heavy atom. The van der Waals surface area contributed by atoms with Crippen LogP contribution in [-0.2, 0) is 24.0 Å². The summed E-state index contributed by atoms with van der Waals surface area (Å²) in [6.07, 6.45) is 0.248. The van der Waals surface area contributed by atoms with Crippen molar-refractivity contribution in [3.05, 3.63) is 0 Å². The van der Waals surface area contributed by atoms with Gasteiger partial charge in [0.05, 0.1) is 19.1 Å². The molecule has 0 fully saturated rings. The fourth-order valence-electron chi connectivity index (χ4n) is 2.71. The molecule has 0 rings (SSSR count). The van der Waals surface area contributed by atoms with Crippen molar-refractivity contribution in [3.63, 3.8) is 0 Å². The molecule has 0 saturated carbocycles. The molecule has 9 N–H and O–H groups in total. The lowest BCUT2D eigenvalue weighted by Gasteiger charge is -2.25. The highest BCUT2D eigenvalue weighted by molar-refractivity contribution is 5.96. The first-order chi connectivity index (χ1) is 14.3. The van der Waals surface area contributed by atoms with Crippen molar-refractivity contribution in [1.82, 2.24) is 16.0 Å². The number of aliphatic carboxylic acids is 1. The first-order valence-corrected chi connectivity index (χ1v) is 10.1. The third kappa shape index (κ3) is 10.2. The highest BCUT2D eigenvalue weighted by atomic mass is 16.4. The first kappa shape index (κ1) is 28.3. The standard InChI is InChI=1S/C19H35N5O7/c1-5-10(4)15(19(30)31)24-18(29)13(8-25)23-17(28)12(7-14(21)26)22-16(27)11(20)6-9(2)3/h9-13,15,25H,5-8,20H2,1-4H3,(H2,21,26)(H,22,27)(H,23,28)(H,24,29)(H,30,31). The summed E-state index contributed by atoms with van der Waals surface area (Å²) < 4.78 is 0. The topological polar surface area (TPSA) is 214 Å². The number of amides is 4. The largest absolute Gasteiger partial charge is 0.480 e. The molecule has 5 atom stereocenters. The molecular formula is C19H35N5O7. The molecule has 31 heavy (non-hydrogen) atoms. The van der Waals surface area contributed by atoms with Gasteiger partial charge in [-0.05, 0) is 18.3 Å². The summed E-state index contributed by atoms with van der Waals surface area (Å²) in [5.74, 6) is -4.99. The van der Waals surface area contributed by atoms with Crippen molar-refractivity contribution in [2.24, 2.45) is 23.3 Å². The molecule has 178 valence electrons. The van der Waals surface area contributed by atoms with E-state index in [9.17, 15) is 34.2 Å². The minimum Gasteiger partial charge on any atom is -0.480 e. The molecule has 0 saturated heterocycles. The predicted molar refractivity (Wildman–Crippen MR) is 111 cm³/mol. The maximum Gasteiger partial charge on any atom is 0.326 e. The van der Waals surface area contributed by atoms with E-state index in [-0.39, 0.29) is 5.92 Å². The van der Waals surface area contributed by atoms with Gasteiger partial charge < -0.3 is 37.6 Å². The molecular weight excluding hydrogens is 410 g/mol. The molecule has 0 spiro atoms. The van der Waals surface area contributed by atoms with Crippen LogP contribution in [0.15, 0.2) is 0 Å². The van der Waals surface area contributed by atoms with Crippen LogP contribution in [-0.4, -0.2) is 70.6 Å². The van der Waals surface area contributed by atoms with Crippen LogP contribution in [0.3, 0.4) is 0 Å². The van der Waals surface area contributed by atoms with E-state index in [1.54, 1.807) is 13.8 Å². The van der Waals surface area contributed by atoms with Gasteiger partial charge in [0.2, 0.25) is 23.6 Å². The Bertz CT molecular complexity index is 656. The SMILES string of the molecule is CCC(C)C(NC(=O)C(CO)NC(=O)C(CC(N)=O)NC(=O)C(N)CC(C)C)C(=O)O. The average molecular weight is 446 g/mol. The van der Waals surface area contributed by atoms with Gasteiger partial charge in [-0.2, -0.15) is 0 Å². The molecule has 0 radical (unpaired) electrons. The van der Waals surface area contributed by atoms with Crippen molar-refractivity contribution in [3.8, 4) is 0 Å². The first-order valence-electron chi connectivity index (χ1n) is 10.1. The Kier molecular flexibility index (Phi) is 12.4. The second-order valence-corrected chi connectivity index (χ2v) is 7.92. The second kappa shape index (κ2) is 13.5. The minimum absolute atomic E-state index is 0.110. The molecule has 5 unspecified atom stereocenters. The van der Waals surface area contributed by atoms with Gasteiger partial charge in [0, 0.05) is 0 Å². The number of primary amides is 1. The van der Waals surface area contributed by atoms with Crippen LogP contribution < -0.4 is 27.4 Å². The van der Waals surface area contributed by atoms with Gasteiger partial charge in [-0.3, -0.25) is 19.2 Å². The maximum atomic E-state index is 12.6. The van der Waals surface area contributed by atoms with Crippen molar-refractivity contribution in [2.75, 3.05) is 6.61 Å². The number of nitrogens with two attached hydrogens (primary N) is 2. The highest BCUT2D eigenvalue weighted by Crippen LogP contribution is 2.08. The fraction of sp³-hybridized carbons (Fsp3) is 0.737. The summed E-state index contributed by atoms with van der Waals surface area (Å²) in [5, 5.41) is 25.6. The zero-order valence-electron chi connectivity index (χ0n) is 18.4. The van der Waals surface area contributed by atoms with Crippen LogP contribution in [0.4, 0.5) is 0 Å². The summed E-state index contributed by atoms with van der Waals surface area (Å²) in [6, 6.07) is -5.07. The normalized spacial score (nSPS) is 15.8. The summed E-state index contributed by atoms with van der Waals surface area (Å²) in [5.41, 5.74) is 10.9. The lowest BCUT2D eigenvalue weighted by Crippen LogP contribution is -2.59. The van der Waals surface area contributed by atoms with E-state index in [2.05, 4.69) is 16.0 Å². The number of aliphatic hydroxyl groups is 1. The fourth-order valence-corrected chi connectivity index (χ4v) is 2.71. The van der Waals surface area contributed by atoms with E-state index in [4.69, 9.17) is 11.5 Å². The van der Waals surface area contributed by atoms with E-state index in [1.807, 2.05) is 13.8 Å². The van der Waals surface area contributed by atoms with E-state index in [0.29, 0.717) is 12.8 Å². The second-order valence-electron chi connectivity index (χ2n) is 7.92. The van der Waals surface area contributed by atoms with Crippen molar-refractivity contribution in [2.45, 2.75) is 71.1 Å². The zero-order valence-corrected chi connectivity index (χ0v) is 18.4. The third-order valence-corrected chi connectivity index (χ3v) is 4.69. The van der Waals surface area contributed by atoms with Crippen LogP contribution in [0.25, 0.3) is 0 Å². The number of hydrogen-bond acceptors (Lipinski definition) is 7. The molecule has 0 aromatic heterocycles. The van der Waals surface area contributed by atoms with Crippen LogP contribution in [0.5, 0.6) is 0 Å². The third-order valence-electron chi connectivity index (χ3n) is 4.69. The molecule has 12 heteroatoms. The number of carboxylic acid groups (broad SMARTS) is 1. The van der Waals surface area contributed by atoms with E-state index in [0.717, 1.165) is 0 Å². The van der Waals surface area contributed by atoms with Gasteiger partial charge in [-0.15, -0.1) is 0 Å². The number of carbonyl (C=O) groups is 5. The maximum absolute atomic E-state index is 12.6. The van der Waals surface area contributed by atoms with E-state index < -0.39 is 72.7 Å². The van der Waals surface area contributed by atoms with Crippen LogP contribution in [0.1, 0.15) is 47.0 Å². The van der Waals surface area contributed by atoms with Gasteiger partial charge in [-0.1, -0.05) is 34.1 Å².